The Morgan fingerprint density at radius 2 is 2.24 bits per heavy atom. The second kappa shape index (κ2) is 4.94. The number of carbonyl (C=O) groups excluding carboxylic acids is 1. The van der Waals surface area contributed by atoms with Gasteiger partial charge in [0.25, 0.3) is 0 Å². The summed E-state index contributed by atoms with van der Waals surface area (Å²) < 4.78 is 0. The van der Waals surface area contributed by atoms with E-state index in [1.165, 1.54) is 0 Å². The molecule has 1 unspecified atom stereocenters. The van der Waals surface area contributed by atoms with Gasteiger partial charge in [-0.15, -0.1) is 0 Å². The van der Waals surface area contributed by atoms with Gasteiger partial charge in [0.1, 0.15) is 0 Å². The lowest BCUT2D eigenvalue weighted by molar-refractivity contribution is -0.130. The second-order valence-electron chi connectivity index (χ2n) is 5.19. The van der Waals surface area contributed by atoms with Crippen LogP contribution in [0, 0.1) is 5.92 Å². The van der Waals surface area contributed by atoms with E-state index < -0.39 is 5.60 Å². The SMILES string of the molecule is [N-]=[N+]=NCC1CC(=O)N(CC2(O)CCCC2)C1. The minimum Gasteiger partial charge on any atom is -0.388 e. The zero-order valence-corrected chi connectivity index (χ0v) is 9.88. The molecule has 1 aliphatic carbocycles. The fourth-order valence-corrected chi connectivity index (χ4v) is 2.83. The van der Waals surface area contributed by atoms with Gasteiger partial charge in [0, 0.05) is 31.0 Å². The number of carbonyl (C=O) groups is 1. The van der Waals surface area contributed by atoms with Crippen LogP contribution in [0.25, 0.3) is 10.4 Å². The van der Waals surface area contributed by atoms with Crippen LogP contribution in [-0.4, -0.2) is 41.1 Å². The van der Waals surface area contributed by atoms with E-state index in [0.29, 0.717) is 26.1 Å². The average Bonchev–Trinajstić information content (AvgIpc) is 2.84. The van der Waals surface area contributed by atoms with Gasteiger partial charge >= 0.3 is 0 Å². The maximum absolute atomic E-state index is 11.8. The van der Waals surface area contributed by atoms with Crippen LogP contribution in [-0.2, 0) is 4.79 Å². The minimum absolute atomic E-state index is 0.0727. The molecule has 6 nitrogen and oxygen atoms in total. The highest BCUT2D eigenvalue weighted by Crippen LogP contribution is 2.32. The number of hydrogen-bond acceptors (Lipinski definition) is 3. The second-order valence-corrected chi connectivity index (χ2v) is 5.19. The summed E-state index contributed by atoms with van der Waals surface area (Å²) in [7, 11) is 0. The first-order valence-electron chi connectivity index (χ1n) is 6.14. The van der Waals surface area contributed by atoms with Crippen molar-refractivity contribution in [1.29, 1.82) is 0 Å². The molecule has 0 aromatic heterocycles. The Bertz CT molecular complexity index is 345. The number of rotatable bonds is 4. The molecule has 0 radical (unpaired) electrons. The number of nitrogens with zero attached hydrogens (tertiary/aromatic N) is 4. The molecule has 6 heteroatoms. The maximum Gasteiger partial charge on any atom is 0.223 e. The van der Waals surface area contributed by atoms with Crippen molar-refractivity contribution in [3.05, 3.63) is 10.4 Å². The summed E-state index contributed by atoms with van der Waals surface area (Å²) in [6.45, 7) is 1.43. The highest BCUT2D eigenvalue weighted by atomic mass is 16.3. The van der Waals surface area contributed by atoms with Gasteiger partial charge in [-0.3, -0.25) is 4.79 Å². The zero-order valence-electron chi connectivity index (χ0n) is 9.88. The zero-order chi connectivity index (χ0) is 12.3. The van der Waals surface area contributed by atoms with E-state index >= 15 is 0 Å². The normalized spacial score (nSPS) is 27.2. The van der Waals surface area contributed by atoms with E-state index in [4.69, 9.17) is 5.53 Å². The molecule has 0 bridgehead atoms. The highest BCUT2D eigenvalue weighted by molar-refractivity contribution is 5.78. The molecule has 1 atom stereocenters. The van der Waals surface area contributed by atoms with Gasteiger partial charge < -0.3 is 10.0 Å². The van der Waals surface area contributed by atoms with Gasteiger partial charge in [0.05, 0.1) is 5.60 Å². The van der Waals surface area contributed by atoms with Gasteiger partial charge in [0.2, 0.25) is 5.91 Å². The summed E-state index contributed by atoms with van der Waals surface area (Å²) in [6, 6.07) is 0. The van der Waals surface area contributed by atoms with Gasteiger partial charge in [0.15, 0.2) is 0 Å². The number of hydrogen-bond donors (Lipinski definition) is 1. The van der Waals surface area contributed by atoms with Crippen LogP contribution in [0.15, 0.2) is 5.11 Å². The third-order valence-electron chi connectivity index (χ3n) is 3.72. The van der Waals surface area contributed by atoms with Crippen LogP contribution in [0.2, 0.25) is 0 Å². The summed E-state index contributed by atoms with van der Waals surface area (Å²) in [5, 5.41) is 13.8. The molecule has 0 aromatic carbocycles. The molecular weight excluding hydrogens is 220 g/mol. The predicted molar refractivity (Wildman–Crippen MR) is 62.1 cm³/mol. The van der Waals surface area contributed by atoms with E-state index in [9.17, 15) is 9.90 Å². The number of aliphatic hydroxyl groups is 1. The third-order valence-corrected chi connectivity index (χ3v) is 3.72. The van der Waals surface area contributed by atoms with E-state index in [1.807, 2.05) is 0 Å². The smallest absolute Gasteiger partial charge is 0.223 e. The Labute approximate surface area is 100 Å². The van der Waals surface area contributed by atoms with Crippen molar-refractivity contribution >= 4 is 5.91 Å². The lowest BCUT2D eigenvalue weighted by Gasteiger charge is -2.28. The standard InChI is InChI=1S/C11H18N4O2/c12-14-13-6-9-5-10(16)15(7-9)8-11(17)3-1-2-4-11/h9,17H,1-8H2. The Morgan fingerprint density at radius 1 is 1.53 bits per heavy atom. The largest absolute Gasteiger partial charge is 0.388 e. The molecule has 2 rings (SSSR count). The Hall–Kier alpha value is -1.26. The van der Waals surface area contributed by atoms with Gasteiger partial charge in [-0.25, -0.2) is 0 Å². The van der Waals surface area contributed by atoms with Crippen LogP contribution in [0.4, 0.5) is 0 Å². The fraction of sp³-hybridized carbons (Fsp3) is 0.909. The van der Waals surface area contributed by atoms with E-state index in [0.717, 1.165) is 25.7 Å². The van der Waals surface area contributed by atoms with Gasteiger partial charge in [-0.05, 0) is 24.3 Å². The summed E-state index contributed by atoms with van der Waals surface area (Å²) in [6.07, 6.45) is 4.10. The Balaban J connectivity index is 1.89. The number of amides is 1. The summed E-state index contributed by atoms with van der Waals surface area (Å²) in [4.78, 5) is 16.2. The summed E-state index contributed by atoms with van der Waals surface area (Å²) >= 11 is 0. The quantitative estimate of drug-likeness (QED) is 0.456. The molecule has 0 spiro atoms. The molecule has 2 fully saturated rings. The lowest BCUT2D eigenvalue weighted by Crippen LogP contribution is -2.41. The van der Waals surface area contributed by atoms with Gasteiger partial charge in [-0.1, -0.05) is 18.0 Å². The minimum atomic E-state index is -0.678. The molecule has 1 saturated carbocycles. The number of azide groups is 1. The number of likely N-dealkylation sites (tertiary alicyclic amines) is 1. The van der Waals surface area contributed by atoms with Crippen LogP contribution in [0.1, 0.15) is 32.1 Å². The first-order chi connectivity index (χ1) is 8.13. The Kier molecular flexibility index (Phi) is 3.54. The molecule has 1 aliphatic heterocycles. The van der Waals surface area contributed by atoms with Crippen LogP contribution >= 0.6 is 0 Å². The van der Waals surface area contributed by atoms with Crippen molar-refractivity contribution in [1.82, 2.24) is 4.90 Å². The van der Waals surface area contributed by atoms with Crippen LogP contribution in [0.5, 0.6) is 0 Å². The fourth-order valence-electron chi connectivity index (χ4n) is 2.83. The third kappa shape index (κ3) is 2.90. The number of β-amino-alcohol motifs (C(OH)–C–C–N with tert-alkyl or cyclic N) is 1. The van der Waals surface area contributed by atoms with Crippen molar-refractivity contribution in [3.63, 3.8) is 0 Å². The first-order valence-corrected chi connectivity index (χ1v) is 6.14. The monoisotopic (exact) mass is 238 g/mol. The van der Waals surface area contributed by atoms with Crippen molar-refractivity contribution < 1.29 is 9.90 Å². The predicted octanol–water partition coefficient (Wildman–Crippen LogP) is 1.45. The van der Waals surface area contributed by atoms with E-state index in [2.05, 4.69) is 10.0 Å². The van der Waals surface area contributed by atoms with Crippen molar-refractivity contribution in [3.8, 4) is 0 Å². The van der Waals surface area contributed by atoms with Crippen molar-refractivity contribution in [2.45, 2.75) is 37.7 Å². The molecule has 1 amide bonds. The van der Waals surface area contributed by atoms with Crippen LogP contribution in [0.3, 0.4) is 0 Å². The topological polar surface area (TPSA) is 89.3 Å². The molecule has 1 N–H and O–H groups in total. The van der Waals surface area contributed by atoms with E-state index in [1.54, 1.807) is 4.90 Å². The van der Waals surface area contributed by atoms with Crippen molar-refractivity contribution in [2.75, 3.05) is 19.6 Å². The molecule has 1 heterocycles. The van der Waals surface area contributed by atoms with Crippen LogP contribution < -0.4 is 0 Å². The molecule has 1 saturated heterocycles. The molecular formula is C11H18N4O2. The van der Waals surface area contributed by atoms with E-state index in [-0.39, 0.29) is 11.8 Å². The first kappa shape index (κ1) is 12.2. The molecule has 17 heavy (non-hydrogen) atoms. The Morgan fingerprint density at radius 3 is 2.88 bits per heavy atom. The molecule has 2 aliphatic rings. The molecule has 94 valence electrons. The highest BCUT2D eigenvalue weighted by Gasteiger charge is 2.38. The van der Waals surface area contributed by atoms with Crippen molar-refractivity contribution in [2.24, 2.45) is 11.0 Å². The van der Waals surface area contributed by atoms with Gasteiger partial charge in [-0.2, -0.15) is 0 Å². The summed E-state index contributed by atoms with van der Waals surface area (Å²) in [5.41, 5.74) is 7.57. The molecule has 0 aromatic rings. The lowest BCUT2D eigenvalue weighted by atomic mass is 10.0. The average molecular weight is 238 g/mol. The maximum atomic E-state index is 11.8. The summed E-state index contributed by atoms with van der Waals surface area (Å²) in [5.74, 6) is 0.187.